The minimum Gasteiger partial charge on any atom is -0.490 e. The van der Waals surface area contributed by atoms with Crippen LogP contribution in [0.3, 0.4) is 0 Å². The van der Waals surface area contributed by atoms with Crippen molar-refractivity contribution >= 4 is 15.9 Å². The third-order valence-electron chi connectivity index (χ3n) is 2.20. The van der Waals surface area contributed by atoms with Crippen molar-refractivity contribution in [2.24, 2.45) is 5.92 Å². The molecule has 0 saturated heterocycles. The minimum atomic E-state index is -0.325. The Labute approximate surface area is 111 Å². The fourth-order valence-electron chi connectivity index (χ4n) is 1.36. The maximum atomic E-state index is 13.4. The minimum absolute atomic E-state index is 0.317. The van der Waals surface area contributed by atoms with Gasteiger partial charge in [0.2, 0.25) is 0 Å². The van der Waals surface area contributed by atoms with Gasteiger partial charge in [0.1, 0.15) is 0 Å². The van der Waals surface area contributed by atoms with Gasteiger partial charge in [-0.3, -0.25) is 0 Å². The molecule has 0 amide bonds. The van der Waals surface area contributed by atoms with Crippen LogP contribution in [0.5, 0.6) is 5.75 Å². The molecule has 0 heterocycles. The molecule has 0 spiro atoms. The van der Waals surface area contributed by atoms with E-state index in [0.29, 0.717) is 18.3 Å². The highest BCUT2D eigenvalue weighted by Gasteiger charge is 2.03. The SMILES string of the molecule is CC(C)CNCCCOc1ccc(Br)cc1F. The summed E-state index contributed by atoms with van der Waals surface area (Å²) < 4.78 is 19.4. The second-order valence-corrected chi connectivity index (χ2v) is 5.29. The first-order valence-corrected chi connectivity index (χ1v) is 6.67. The molecular formula is C13H19BrFNO. The molecule has 1 aromatic rings. The predicted molar refractivity (Wildman–Crippen MR) is 71.9 cm³/mol. The number of rotatable bonds is 7. The molecule has 2 nitrogen and oxygen atoms in total. The zero-order chi connectivity index (χ0) is 12.7. The second-order valence-electron chi connectivity index (χ2n) is 4.37. The lowest BCUT2D eigenvalue weighted by Crippen LogP contribution is -2.22. The Hall–Kier alpha value is -0.610. The zero-order valence-corrected chi connectivity index (χ0v) is 11.9. The van der Waals surface area contributed by atoms with Crippen molar-refractivity contribution in [3.05, 3.63) is 28.5 Å². The summed E-state index contributed by atoms with van der Waals surface area (Å²) in [4.78, 5) is 0. The van der Waals surface area contributed by atoms with E-state index >= 15 is 0 Å². The highest BCUT2D eigenvalue weighted by atomic mass is 79.9. The van der Waals surface area contributed by atoms with Crippen LogP contribution in [0, 0.1) is 11.7 Å². The van der Waals surface area contributed by atoms with E-state index in [1.165, 1.54) is 6.07 Å². The van der Waals surface area contributed by atoms with E-state index < -0.39 is 0 Å². The van der Waals surface area contributed by atoms with Gasteiger partial charge < -0.3 is 10.1 Å². The summed E-state index contributed by atoms with van der Waals surface area (Å²) in [5.41, 5.74) is 0. The smallest absolute Gasteiger partial charge is 0.166 e. The van der Waals surface area contributed by atoms with Crippen LogP contribution in [0.1, 0.15) is 20.3 Å². The largest absolute Gasteiger partial charge is 0.490 e. The molecule has 0 radical (unpaired) electrons. The summed E-state index contributed by atoms with van der Waals surface area (Å²) in [7, 11) is 0. The van der Waals surface area contributed by atoms with Gasteiger partial charge in [0.05, 0.1) is 6.61 Å². The number of hydrogen-bond donors (Lipinski definition) is 1. The van der Waals surface area contributed by atoms with Gasteiger partial charge in [-0.15, -0.1) is 0 Å². The first-order chi connectivity index (χ1) is 8.09. The molecule has 0 aliphatic rings. The van der Waals surface area contributed by atoms with Crippen molar-refractivity contribution in [3.63, 3.8) is 0 Å². The van der Waals surface area contributed by atoms with Gasteiger partial charge in [0.25, 0.3) is 0 Å². The second kappa shape index (κ2) is 7.67. The highest BCUT2D eigenvalue weighted by Crippen LogP contribution is 2.21. The number of nitrogens with one attached hydrogen (secondary N) is 1. The molecule has 0 bridgehead atoms. The molecular weight excluding hydrogens is 285 g/mol. The van der Waals surface area contributed by atoms with Crippen LogP contribution in [0.4, 0.5) is 4.39 Å². The Kier molecular flexibility index (Phi) is 6.52. The Morgan fingerprint density at radius 3 is 2.82 bits per heavy atom. The fraction of sp³-hybridized carbons (Fsp3) is 0.538. The number of benzene rings is 1. The van der Waals surface area contributed by atoms with Crippen LogP contribution in [0.2, 0.25) is 0 Å². The first kappa shape index (κ1) is 14.5. The quantitative estimate of drug-likeness (QED) is 0.777. The lowest BCUT2D eigenvalue weighted by Gasteiger charge is -2.09. The predicted octanol–water partition coefficient (Wildman–Crippen LogP) is 3.60. The Morgan fingerprint density at radius 2 is 2.18 bits per heavy atom. The maximum absolute atomic E-state index is 13.4. The summed E-state index contributed by atoms with van der Waals surface area (Å²) >= 11 is 3.21. The molecule has 0 atom stereocenters. The lowest BCUT2D eigenvalue weighted by atomic mass is 10.2. The average Bonchev–Trinajstić information content (AvgIpc) is 2.25. The van der Waals surface area contributed by atoms with E-state index in [-0.39, 0.29) is 5.82 Å². The lowest BCUT2D eigenvalue weighted by molar-refractivity contribution is 0.292. The molecule has 0 unspecified atom stereocenters. The van der Waals surface area contributed by atoms with Gasteiger partial charge in [0, 0.05) is 4.47 Å². The normalized spacial score (nSPS) is 10.9. The summed E-state index contributed by atoms with van der Waals surface area (Å²) in [5, 5.41) is 3.31. The molecule has 0 saturated carbocycles. The van der Waals surface area contributed by atoms with Crippen molar-refractivity contribution < 1.29 is 9.13 Å². The summed E-state index contributed by atoms with van der Waals surface area (Å²) in [6.07, 6.45) is 0.877. The standard InChI is InChI=1S/C13H19BrFNO/c1-10(2)9-16-6-3-7-17-13-5-4-11(14)8-12(13)15/h4-5,8,10,16H,3,6-7,9H2,1-2H3. The van der Waals surface area contributed by atoms with Gasteiger partial charge in [-0.05, 0) is 43.6 Å². The van der Waals surface area contributed by atoms with Crippen LogP contribution in [0.25, 0.3) is 0 Å². The molecule has 1 aromatic carbocycles. The van der Waals surface area contributed by atoms with Gasteiger partial charge in [0.15, 0.2) is 11.6 Å². The van der Waals surface area contributed by atoms with Crippen LogP contribution >= 0.6 is 15.9 Å². The monoisotopic (exact) mass is 303 g/mol. The van der Waals surface area contributed by atoms with Crippen molar-refractivity contribution in [1.82, 2.24) is 5.32 Å². The number of ether oxygens (including phenoxy) is 1. The van der Waals surface area contributed by atoms with Crippen molar-refractivity contribution in [2.75, 3.05) is 19.7 Å². The molecule has 0 aliphatic heterocycles. The molecule has 0 aromatic heterocycles. The Morgan fingerprint density at radius 1 is 1.41 bits per heavy atom. The molecule has 4 heteroatoms. The van der Waals surface area contributed by atoms with E-state index in [1.807, 2.05) is 0 Å². The number of hydrogen-bond acceptors (Lipinski definition) is 2. The molecule has 1 rings (SSSR count). The van der Waals surface area contributed by atoms with E-state index in [1.54, 1.807) is 12.1 Å². The third-order valence-corrected chi connectivity index (χ3v) is 2.70. The molecule has 17 heavy (non-hydrogen) atoms. The fourth-order valence-corrected chi connectivity index (χ4v) is 1.70. The van der Waals surface area contributed by atoms with E-state index in [0.717, 1.165) is 24.0 Å². The van der Waals surface area contributed by atoms with Crippen LogP contribution in [-0.4, -0.2) is 19.7 Å². The summed E-state index contributed by atoms with van der Waals surface area (Å²) in [6.45, 7) is 6.77. The van der Waals surface area contributed by atoms with Crippen molar-refractivity contribution in [3.8, 4) is 5.75 Å². The van der Waals surface area contributed by atoms with Crippen LogP contribution in [-0.2, 0) is 0 Å². The van der Waals surface area contributed by atoms with E-state index in [9.17, 15) is 4.39 Å². The summed E-state index contributed by atoms with van der Waals surface area (Å²) in [6, 6.07) is 4.82. The highest BCUT2D eigenvalue weighted by molar-refractivity contribution is 9.10. The van der Waals surface area contributed by atoms with E-state index in [4.69, 9.17) is 4.74 Å². The average molecular weight is 304 g/mol. The topological polar surface area (TPSA) is 21.3 Å². The Balaban J connectivity index is 2.18. The van der Waals surface area contributed by atoms with Gasteiger partial charge in [-0.25, -0.2) is 4.39 Å². The first-order valence-electron chi connectivity index (χ1n) is 5.88. The van der Waals surface area contributed by atoms with Gasteiger partial charge >= 0.3 is 0 Å². The molecule has 96 valence electrons. The third kappa shape index (κ3) is 6.03. The Bertz CT molecular complexity index is 344. The molecule has 0 fully saturated rings. The summed E-state index contributed by atoms with van der Waals surface area (Å²) in [5.74, 6) is 0.645. The molecule has 1 N–H and O–H groups in total. The van der Waals surface area contributed by atoms with Gasteiger partial charge in [-0.1, -0.05) is 29.8 Å². The van der Waals surface area contributed by atoms with Crippen molar-refractivity contribution in [2.45, 2.75) is 20.3 Å². The maximum Gasteiger partial charge on any atom is 0.166 e. The van der Waals surface area contributed by atoms with Gasteiger partial charge in [-0.2, -0.15) is 0 Å². The number of halogens is 2. The van der Waals surface area contributed by atoms with Crippen molar-refractivity contribution in [1.29, 1.82) is 0 Å². The van der Waals surface area contributed by atoms with E-state index in [2.05, 4.69) is 35.1 Å². The van der Waals surface area contributed by atoms with Crippen LogP contribution in [0.15, 0.2) is 22.7 Å². The van der Waals surface area contributed by atoms with Crippen LogP contribution < -0.4 is 10.1 Å². The molecule has 0 aliphatic carbocycles. The zero-order valence-electron chi connectivity index (χ0n) is 10.3.